The molecule has 0 radical (unpaired) electrons. The largest absolute Gasteiger partial charge is 0.299 e. The van der Waals surface area contributed by atoms with Crippen molar-refractivity contribution in [2.24, 2.45) is 0 Å². The van der Waals surface area contributed by atoms with Crippen molar-refractivity contribution in [2.45, 2.75) is 38.5 Å². The van der Waals surface area contributed by atoms with Gasteiger partial charge >= 0.3 is 0 Å². The summed E-state index contributed by atoms with van der Waals surface area (Å²) in [6.45, 7) is 2.08. The van der Waals surface area contributed by atoms with Gasteiger partial charge in [0.05, 0.1) is 0 Å². The molecule has 0 unspecified atom stereocenters. The molecule has 1 fully saturated rings. The molecule has 0 spiro atoms. The van der Waals surface area contributed by atoms with Gasteiger partial charge < -0.3 is 0 Å². The van der Waals surface area contributed by atoms with Crippen LogP contribution in [0.25, 0.3) is 0 Å². The smallest absolute Gasteiger partial charge is 0.140 e. The maximum Gasteiger partial charge on any atom is 0.140 e. The average Bonchev–Trinajstić information content (AvgIpc) is 2.20. The summed E-state index contributed by atoms with van der Waals surface area (Å²) in [7, 11) is 0. The molecule has 1 aromatic carbocycles. The standard InChI is InChI=1S/C13H16O/c1-10-6-8-11(9-7-10)12-4-2-3-5-13(12)14/h6-9,12H,2-5H2,1H3/t12-/m1/s1. The van der Waals surface area contributed by atoms with E-state index >= 15 is 0 Å². The predicted molar refractivity (Wildman–Crippen MR) is 57.4 cm³/mol. The minimum absolute atomic E-state index is 0.185. The Bertz CT molecular complexity index is 324. The van der Waals surface area contributed by atoms with Gasteiger partial charge in [0.2, 0.25) is 0 Å². The van der Waals surface area contributed by atoms with Gasteiger partial charge in [-0.3, -0.25) is 4.79 Å². The lowest BCUT2D eigenvalue weighted by Crippen LogP contribution is -2.16. The van der Waals surface area contributed by atoms with Crippen LogP contribution in [0, 0.1) is 6.92 Å². The molecule has 1 aromatic rings. The van der Waals surface area contributed by atoms with Crippen molar-refractivity contribution in [1.29, 1.82) is 0 Å². The lowest BCUT2D eigenvalue weighted by atomic mass is 9.83. The van der Waals surface area contributed by atoms with E-state index in [0.29, 0.717) is 5.78 Å². The number of Topliss-reactive ketones (excluding diaryl/α,β-unsaturated/α-hetero) is 1. The van der Waals surface area contributed by atoms with Crippen molar-refractivity contribution in [1.82, 2.24) is 0 Å². The highest BCUT2D eigenvalue weighted by atomic mass is 16.1. The summed E-state index contributed by atoms with van der Waals surface area (Å²) in [5.41, 5.74) is 2.47. The highest BCUT2D eigenvalue weighted by Gasteiger charge is 2.23. The summed E-state index contributed by atoms with van der Waals surface area (Å²) >= 11 is 0. The van der Waals surface area contributed by atoms with Crippen LogP contribution < -0.4 is 0 Å². The fourth-order valence-electron chi connectivity index (χ4n) is 2.13. The first-order chi connectivity index (χ1) is 6.77. The zero-order chi connectivity index (χ0) is 9.97. The first kappa shape index (κ1) is 9.45. The number of benzene rings is 1. The van der Waals surface area contributed by atoms with Gasteiger partial charge in [0.1, 0.15) is 5.78 Å². The number of hydrogen-bond acceptors (Lipinski definition) is 1. The molecule has 1 nitrogen and oxygen atoms in total. The van der Waals surface area contributed by atoms with E-state index in [2.05, 4.69) is 31.2 Å². The minimum Gasteiger partial charge on any atom is -0.299 e. The summed E-state index contributed by atoms with van der Waals surface area (Å²) in [5.74, 6) is 0.615. The first-order valence-electron chi connectivity index (χ1n) is 5.36. The number of rotatable bonds is 1. The highest BCUT2D eigenvalue weighted by molar-refractivity contribution is 5.86. The van der Waals surface area contributed by atoms with Crippen LogP contribution >= 0.6 is 0 Å². The van der Waals surface area contributed by atoms with E-state index in [1.54, 1.807) is 0 Å². The maximum atomic E-state index is 11.7. The molecular formula is C13H16O. The molecule has 0 aromatic heterocycles. The third kappa shape index (κ3) is 1.87. The normalized spacial score (nSPS) is 22.4. The van der Waals surface area contributed by atoms with E-state index in [1.165, 1.54) is 17.5 Å². The zero-order valence-electron chi connectivity index (χ0n) is 8.62. The molecule has 2 rings (SSSR count). The highest BCUT2D eigenvalue weighted by Crippen LogP contribution is 2.29. The lowest BCUT2D eigenvalue weighted by Gasteiger charge is -2.20. The summed E-state index contributed by atoms with van der Waals surface area (Å²) in [4.78, 5) is 11.7. The second-order valence-corrected chi connectivity index (χ2v) is 4.18. The number of hydrogen-bond donors (Lipinski definition) is 0. The van der Waals surface area contributed by atoms with Gasteiger partial charge in [0, 0.05) is 12.3 Å². The van der Waals surface area contributed by atoms with E-state index in [9.17, 15) is 4.79 Å². The summed E-state index contributed by atoms with van der Waals surface area (Å²) < 4.78 is 0. The van der Waals surface area contributed by atoms with Gasteiger partial charge in [-0.15, -0.1) is 0 Å². The topological polar surface area (TPSA) is 17.1 Å². The Morgan fingerprint density at radius 3 is 2.50 bits per heavy atom. The lowest BCUT2D eigenvalue weighted by molar-refractivity contribution is -0.121. The molecule has 0 N–H and O–H groups in total. The van der Waals surface area contributed by atoms with Gasteiger partial charge in [-0.1, -0.05) is 36.2 Å². The Morgan fingerprint density at radius 1 is 1.14 bits per heavy atom. The molecule has 0 aliphatic heterocycles. The molecule has 0 saturated heterocycles. The maximum absolute atomic E-state index is 11.7. The Labute approximate surface area is 85.1 Å². The van der Waals surface area contributed by atoms with Gasteiger partial charge in [-0.05, 0) is 25.3 Å². The molecule has 0 amide bonds. The first-order valence-corrected chi connectivity index (χ1v) is 5.36. The van der Waals surface area contributed by atoms with Crippen LogP contribution in [-0.2, 0) is 4.79 Å². The van der Waals surface area contributed by atoms with Crippen LogP contribution in [0.4, 0.5) is 0 Å². The van der Waals surface area contributed by atoms with E-state index < -0.39 is 0 Å². The zero-order valence-corrected chi connectivity index (χ0v) is 8.62. The molecular weight excluding hydrogens is 172 g/mol. The van der Waals surface area contributed by atoms with Gasteiger partial charge in [0.25, 0.3) is 0 Å². The average molecular weight is 188 g/mol. The number of aryl methyl sites for hydroxylation is 1. The number of ketones is 1. The van der Waals surface area contributed by atoms with Crippen LogP contribution in [0.2, 0.25) is 0 Å². The number of carbonyl (C=O) groups excluding carboxylic acids is 1. The van der Waals surface area contributed by atoms with Crippen molar-refractivity contribution in [3.63, 3.8) is 0 Å². The molecule has 1 aliphatic rings. The van der Waals surface area contributed by atoms with E-state index in [4.69, 9.17) is 0 Å². The van der Waals surface area contributed by atoms with Crippen LogP contribution in [0.3, 0.4) is 0 Å². The van der Waals surface area contributed by atoms with Crippen LogP contribution in [0.5, 0.6) is 0 Å². The van der Waals surface area contributed by atoms with Gasteiger partial charge in [-0.25, -0.2) is 0 Å². The summed E-state index contributed by atoms with van der Waals surface area (Å²) in [6.07, 6.45) is 4.10. The second-order valence-electron chi connectivity index (χ2n) is 4.18. The van der Waals surface area contributed by atoms with E-state index in [1.807, 2.05) is 0 Å². The molecule has 1 saturated carbocycles. The number of carbonyl (C=O) groups is 1. The summed E-state index contributed by atoms with van der Waals surface area (Å²) in [5, 5.41) is 0. The van der Waals surface area contributed by atoms with Crippen molar-refractivity contribution in [2.75, 3.05) is 0 Å². The Kier molecular flexibility index (Phi) is 2.67. The van der Waals surface area contributed by atoms with Gasteiger partial charge in [-0.2, -0.15) is 0 Å². The van der Waals surface area contributed by atoms with Crippen molar-refractivity contribution in [3.05, 3.63) is 35.4 Å². The fourth-order valence-corrected chi connectivity index (χ4v) is 2.13. The van der Waals surface area contributed by atoms with Crippen molar-refractivity contribution < 1.29 is 4.79 Å². The third-order valence-electron chi connectivity index (χ3n) is 3.03. The van der Waals surface area contributed by atoms with Crippen molar-refractivity contribution in [3.8, 4) is 0 Å². The quantitative estimate of drug-likeness (QED) is 0.661. The van der Waals surface area contributed by atoms with E-state index in [-0.39, 0.29) is 5.92 Å². The summed E-state index contributed by atoms with van der Waals surface area (Å²) in [6, 6.07) is 8.39. The molecule has 14 heavy (non-hydrogen) atoms. The Hall–Kier alpha value is -1.11. The SMILES string of the molecule is Cc1ccc([C@H]2CCCCC2=O)cc1. The molecule has 1 heteroatoms. The minimum atomic E-state index is 0.185. The molecule has 0 bridgehead atoms. The fraction of sp³-hybridized carbons (Fsp3) is 0.462. The van der Waals surface area contributed by atoms with E-state index in [0.717, 1.165) is 19.3 Å². The third-order valence-corrected chi connectivity index (χ3v) is 3.03. The van der Waals surface area contributed by atoms with Crippen LogP contribution in [0.15, 0.2) is 24.3 Å². The monoisotopic (exact) mass is 188 g/mol. The van der Waals surface area contributed by atoms with Crippen molar-refractivity contribution >= 4 is 5.78 Å². The Balaban J connectivity index is 2.20. The van der Waals surface area contributed by atoms with Crippen LogP contribution in [-0.4, -0.2) is 5.78 Å². The Morgan fingerprint density at radius 2 is 1.86 bits per heavy atom. The second kappa shape index (κ2) is 3.95. The van der Waals surface area contributed by atoms with Gasteiger partial charge in [0.15, 0.2) is 0 Å². The molecule has 74 valence electrons. The molecule has 0 heterocycles. The molecule has 1 atom stereocenters. The molecule has 1 aliphatic carbocycles. The predicted octanol–water partition coefficient (Wildman–Crippen LogP) is 3.22. The van der Waals surface area contributed by atoms with Crippen LogP contribution in [0.1, 0.15) is 42.7 Å².